The maximum atomic E-state index is 5.11. The van der Waals surface area contributed by atoms with Crippen LogP contribution in [0.15, 0.2) is 162 Å². The first kappa shape index (κ1) is 28.2. The van der Waals surface area contributed by atoms with Gasteiger partial charge in [0.25, 0.3) is 0 Å². The van der Waals surface area contributed by atoms with E-state index in [1.54, 1.807) is 0 Å². The maximum absolute atomic E-state index is 5.11. The van der Waals surface area contributed by atoms with Crippen LogP contribution in [0.2, 0.25) is 0 Å². The zero-order chi connectivity index (χ0) is 31.7. The van der Waals surface area contributed by atoms with Crippen molar-refractivity contribution < 1.29 is 0 Å². The molecule has 0 saturated carbocycles. The molecule has 2 aromatic heterocycles. The summed E-state index contributed by atoms with van der Waals surface area (Å²) in [7, 11) is 1.50. The molecule has 226 valence electrons. The van der Waals surface area contributed by atoms with Gasteiger partial charge >= 0.3 is 0 Å². The van der Waals surface area contributed by atoms with Gasteiger partial charge in [0.05, 0.1) is 22.2 Å². The molecule has 0 radical (unpaired) electrons. The molecule has 0 atom stereocenters. The highest BCUT2D eigenvalue weighted by Crippen LogP contribution is 2.40. The summed E-state index contributed by atoms with van der Waals surface area (Å²) < 4.78 is 2.28. The number of aliphatic imine (C=N–C) groups is 1. The zero-order valence-electron chi connectivity index (χ0n) is 25.7. The number of hydrazine groups is 1. The average molecular weight is 610 g/mol. The third-order valence-corrected chi connectivity index (χ3v) is 8.39. The highest BCUT2D eigenvalue weighted by atomic mass is 15.7. The minimum atomic E-state index is 0.629. The van der Waals surface area contributed by atoms with Crippen LogP contribution in [-0.4, -0.2) is 28.1 Å². The van der Waals surface area contributed by atoms with Crippen molar-refractivity contribution in [2.45, 2.75) is 0 Å². The number of nitrogens with two attached hydrogens (primary N) is 1. The molecule has 0 fully saturated rings. The van der Waals surface area contributed by atoms with E-state index in [0.717, 1.165) is 72.1 Å². The number of nitrogens with zero attached hydrogens (tertiary/aromatic N) is 5. The van der Waals surface area contributed by atoms with Crippen molar-refractivity contribution in [1.82, 2.24) is 14.8 Å². The molecule has 7 nitrogen and oxygen atoms in total. The highest BCUT2D eigenvalue weighted by molar-refractivity contribution is 6.17. The van der Waals surface area contributed by atoms with Crippen molar-refractivity contribution in [1.29, 1.82) is 0 Å². The monoisotopic (exact) mass is 609 g/mol. The Labute approximate surface area is 271 Å². The molecule has 0 amide bonds. The van der Waals surface area contributed by atoms with Crippen LogP contribution in [-0.2, 0) is 0 Å². The van der Waals surface area contributed by atoms with Crippen molar-refractivity contribution in [2.24, 2.45) is 15.8 Å². The molecule has 9 rings (SSSR count). The predicted octanol–water partition coefficient (Wildman–Crippen LogP) is 8.17. The molecule has 7 heteroatoms. The van der Waals surface area contributed by atoms with Gasteiger partial charge in [-0.15, -0.1) is 5.10 Å². The molecule has 8 aromatic rings. The number of hydrogen-bond donors (Lipinski definition) is 2. The van der Waals surface area contributed by atoms with E-state index < -0.39 is 0 Å². The molecule has 0 bridgehead atoms. The molecule has 3 N–H and O–H groups in total. The number of benzene rings is 6. The van der Waals surface area contributed by atoms with Crippen LogP contribution in [0.4, 0.5) is 5.69 Å². The summed E-state index contributed by atoms with van der Waals surface area (Å²) in [4.78, 5) is 10.1. The van der Waals surface area contributed by atoms with E-state index in [0.29, 0.717) is 5.84 Å². The summed E-state index contributed by atoms with van der Waals surface area (Å²) in [5.74, 6) is 1.35. The third kappa shape index (κ3) is 4.86. The zero-order valence-corrected chi connectivity index (χ0v) is 25.7. The fourth-order valence-electron chi connectivity index (χ4n) is 6.29. The highest BCUT2D eigenvalue weighted by Gasteiger charge is 2.24. The fourth-order valence-corrected chi connectivity index (χ4v) is 6.29. The van der Waals surface area contributed by atoms with Crippen LogP contribution >= 0.6 is 0 Å². The first-order valence-electron chi connectivity index (χ1n) is 15.6. The van der Waals surface area contributed by atoms with Crippen LogP contribution in [0.5, 0.6) is 0 Å². The normalized spacial score (nSPS) is 12.9. The van der Waals surface area contributed by atoms with E-state index in [4.69, 9.17) is 15.1 Å². The van der Waals surface area contributed by atoms with E-state index in [-0.39, 0.29) is 0 Å². The van der Waals surface area contributed by atoms with Crippen molar-refractivity contribution in [3.05, 3.63) is 163 Å². The van der Waals surface area contributed by atoms with Gasteiger partial charge in [0.2, 0.25) is 0 Å². The summed E-state index contributed by atoms with van der Waals surface area (Å²) in [6.45, 7) is 0. The second-order valence-electron chi connectivity index (χ2n) is 11.1. The van der Waals surface area contributed by atoms with Gasteiger partial charge in [-0.3, -0.25) is 9.83 Å². The first-order chi connectivity index (χ1) is 23.3. The number of anilines is 1. The summed E-state index contributed by atoms with van der Waals surface area (Å²) in [6, 6.07) is 52.2. The SMILES string of the molecule is CN.c1ccc(C2=NN(c3cc4c(cc3-c3ccccc3)c3ccccc3c3nc5ccccc5n43)NC(c3ccccc3)=N2)cc1. The van der Waals surface area contributed by atoms with Crippen molar-refractivity contribution in [2.75, 3.05) is 12.2 Å². The van der Waals surface area contributed by atoms with E-state index in [1.807, 2.05) is 65.8 Å². The molecule has 1 aliphatic heterocycles. The topological polar surface area (TPSA) is 83.3 Å². The Morgan fingerprint density at radius 2 is 1.15 bits per heavy atom. The van der Waals surface area contributed by atoms with Crippen LogP contribution in [0.1, 0.15) is 11.1 Å². The Bertz CT molecular complexity index is 2450. The minimum Gasteiger partial charge on any atom is -0.333 e. The Balaban J connectivity index is 0.00000159. The molecule has 0 spiro atoms. The van der Waals surface area contributed by atoms with Crippen molar-refractivity contribution in [3.63, 3.8) is 0 Å². The second kappa shape index (κ2) is 11.9. The van der Waals surface area contributed by atoms with Gasteiger partial charge in [0.1, 0.15) is 5.65 Å². The summed E-state index contributed by atoms with van der Waals surface area (Å²) >= 11 is 0. The number of pyridine rings is 1. The van der Waals surface area contributed by atoms with Crippen LogP contribution in [0.25, 0.3) is 49.5 Å². The van der Waals surface area contributed by atoms with Gasteiger partial charge in [-0.2, -0.15) is 5.12 Å². The lowest BCUT2D eigenvalue weighted by molar-refractivity contribution is 0.800. The largest absolute Gasteiger partial charge is 0.333 e. The molecule has 1 aliphatic rings. The van der Waals surface area contributed by atoms with Crippen molar-refractivity contribution in [3.8, 4) is 11.1 Å². The van der Waals surface area contributed by atoms with Gasteiger partial charge in [-0.1, -0.05) is 127 Å². The number of fused-ring (bicyclic) bond motifs is 8. The van der Waals surface area contributed by atoms with Crippen LogP contribution in [0, 0.1) is 0 Å². The van der Waals surface area contributed by atoms with E-state index in [2.05, 4.69) is 107 Å². The van der Waals surface area contributed by atoms with Crippen molar-refractivity contribution >= 4 is 55.7 Å². The quantitative estimate of drug-likeness (QED) is 0.197. The maximum Gasteiger partial charge on any atom is 0.183 e. The minimum absolute atomic E-state index is 0.629. The number of rotatable bonds is 4. The third-order valence-electron chi connectivity index (χ3n) is 8.39. The summed E-state index contributed by atoms with van der Waals surface area (Å²) in [6.07, 6.45) is 0. The molecule has 0 aliphatic carbocycles. The molecule has 3 heterocycles. The van der Waals surface area contributed by atoms with Gasteiger partial charge in [0, 0.05) is 27.5 Å². The lowest BCUT2D eigenvalue weighted by Gasteiger charge is -2.29. The smallest absolute Gasteiger partial charge is 0.183 e. The van der Waals surface area contributed by atoms with Gasteiger partial charge < -0.3 is 5.73 Å². The molecule has 47 heavy (non-hydrogen) atoms. The van der Waals surface area contributed by atoms with E-state index >= 15 is 0 Å². The van der Waals surface area contributed by atoms with E-state index in [9.17, 15) is 0 Å². The van der Waals surface area contributed by atoms with E-state index in [1.165, 1.54) is 7.05 Å². The van der Waals surface area contributed by atoms with Gasteiger partial charge in [0.15, 0.2) is 11.7 Å². The molecule has 6 aromatic carbocycles. The summed E-state index contributed by atoms with van der Waals surface area (Å²) in [5.41, 5.74) is 17.0. The van der Waals surface area contributed by atoms with Crippen LogP contribution < -0.4 is 16.3 Å². The summed E-state index contributed by atoms with van der Waals surface area (Å²) in [5, 5.41) is 10.4. The first-order valence-corrected chi connectivity index (χ1v) is 15.6. The number of amidine groups is 2. The Morgan fingerprint density at radius 3 is 1.87 bits per heavy atom. The average Bonchev–Trinajstić information content (AvgIpc) is 3.56. The lowest BCUT2D eigenvalue weighted by Crippen LogP contribution is -2.43. The Morgan fingerprint density at radius 1 is 0.553 bits per heavy atom. The van der Waals surface area contributed by atoms with Crippen LogP contribution in [0.3, 0.4) is 0 Å². The molecular formula is C40H31N7. The number of hydrogen-bond acceptors (Lipinski definition) is 6. The number of imidazole rings is 1. The number of nitrogens with one attached hydrogen (secondary N) is 1. The molecule has 0 saturated heterocycles. The van der Waals surface area contributed by atoms with Gasteiger partial charge in [-0.25, -0.2) is 9.98 Å². The molecule has 0 unspecified atom stereocenters. The number of aromatic nitrogens is 2. The van der Waals surface area contributed by atoms with Gasteiger partial charge in [-0.05, 0) is 42.3 Å². The number of para-hydroxylation sites is 2. The standard InChI is InChI=1S/C39H26N6.CH5N/c1-4-14-26(15-5-1)31-24-32-29-20-10-11-21-30(29)39-40-33-22-12-13-23-34(33)44(39)35(32)25-36(31)45-42-37(27-16-6-2-7-17-27)41-38(43-45)28-18-8-3-9-19-28;1-2/h1-25H,(H,41,42,43);2H2,1H3. The molecular weight excluding hydrogens is 578 g/mol. The Hall–Kier alpha value is -6.31. The Kier molecular flexibility index (Phi) is 7.13. The predicted molar refractivity (Wildman–Crippen MR) is 195 cm³/mol. The lowest BCUT2D eigenvalue weighted by atomic mass is 9.98. The second-order valence-corrected chi connectivity index (χ2v) is 11.1. The number of hydrazone groups is 1. The fraction of sp³-hybridized carbons (Fsp3) is 0.0250.